The van der Waals surface area contributed by atoms with Gasteiger partial charge in [-0.15, -0.1) is 0 Å². The van der Waals surface area contributed by atoms with Crippen molar-refractivity contribution in [1.29, 1.82) is 0 Å². The van der Waals surface area contributed by atoms with Crippen molar-refractivity contribution in [2.24, 2.45) is 45.0 Å². The van der Waals surface area contributed by atoms with Crippen molar-refractivity contribution in [2.75, 3.05) is 6.54 Å². The smallest absolute Gasteiger partial charge is 0.335 e. The van der Waals surface area contributed by atoms with Gasteiger partial charge in [0, 0.05) is 30.9 Å². The van der Waals surface area contributed by atoms with Gasteiger partial charge >= 0.3 is 17.6 Å². The van der Waals surface area contributed by atoms with Crippen molar-refractivity contribution in [3.63, 3.8) is 0 Å². The Morgan fingerprint density at radius 3 is 2.44 bits per heavy atom. The molecule has 1 aromatic rings. The first-order valence-corrected chi connectivity index (χ1v) is 18.8. The highest BCUT2D eigenvalue weighted by atomic mass is 16.5. The third-order valence-corrected chi connectivity index (χ3v) is 13.3. The van der Waals surface area contributed by atoms with Crippen LogP contribution in [0.3, 0.4) is 0 Å². The molecule has 0 radical (unpaired) electrons. The quantitative estimate of drug-likeness (QED) is 0.0735. The molecular formula is C38H58N4O8. The maximum Gasteiger partial charge on any atom is 0.335 e. The zero-order valence-corrected chi connectivity index (χ0v) is 29.9. The maximum atomic E-state index is 12.8. The number of fused-ring (bicyclic) bond motifs is 5. The summed E-state index contributed by atoms with van der Waals surface area (Å²) in [5.74, 6) is -0.271. The molecule has 4 aliphatic rings. The molecule has 4 saturated carbocycles. The Hall–Kier alpha value is -3.41. The number of nitrogens with one attached hydrogen (secondary N) is 1. The van der Waals surface area contributed by atoms with E-state index < -0.39 is 17.6 Å². The summed E-state index contributed by atoms with van der Waals surface area (Å²) < 4.78 is 11.2. The maximum absolute atomic E-state index is 12.8. The van der Waals surface area contributed by atoms with E-state index in [4.69, 9.17) is 20.6 Å². The lowest BCUT2D eigenvalue weighted by molar-refractivity contribution is -0.207. The number of carbonyl (C=O) groups excluding carboxylic acids is 2. The first-order valence-electron chi connectivity index (χ1n) is 18.8. The van der Waals surface area contributed by atoms with Crippen LogP contribution < -0.4 is 22.4 Å². The van der Waals surface area contributed by atoms with Gasteiger partial charge in [-0.25, -0.2) is 9.59 Å². The van der Waals surface area contributed by atoms with Gasteiger partial charge in [0.1, 0.15) is 12.1 Å². The molecule has 1 aromatic heterocycles. The van der Waals surface area contributed by atoms with Crippen LogP contribution in [0.25, 0.3) is 0 Å². The summed E-state index contributed by atoms with van der Waals surface area (Å²) in [6.45, 7) is 4.98. The molecule has 278 valence electrons. The van der Waals surface area contributed by atoms with E-state index in [0.717, 1.165) is 76.2 Å². The second-order valence-corrected chi connectivity index (χ2v) is 16.1. The number of carbonyl (C=O) groups is 3. The molecule has 9 atom stereocenters. The number of nitrogens with two attached hydrogens (primary N) is 2. The van der Waals surface area contributed by atoms with Crippen LogP contribution in [0.1, 0.15) is 134 Å². The number of aliphatic carboxylic acids is 1. The van der Waals surface area contributed by atoms with Crippen LogP contribution in [0.4, 0.5) is 0 Å². The lowest BCUT2D eigenvalue weighted by Crippen LogP contribution is -2.62. The van der Waals surface area contributed by atoms with Crippen molar-refractivity contribution in [2.45, 2.75) is 147 Å². The van der Waals surface area contributed by atoms with Gasteiger partial charge in [0.25, 0.3) is 0 Å². The number of hydrogen-bond donors (Lipinski definition) is 5. The van der Waals surface area contributed by atoms with Crippen LogP contribution in [-0.4, -0.2) is 58.3 Å². The minimum atomic E-state index is -1.09. The standard InChI is InChI=1S/C38H58N4O8/c1-36-18-15-26(50-33(45)10-6-4-3-5-9-31(43)42-30(34(46)47)8-7-21-41-35(39)40)22-25(36)12-13-29-28(36)16-19-37(2)27(17-20-38(29,37)48)24-11-14-32(44)49-23-24/h11,14,23,25-30,48H,3-10,12-13,15-22H2,1-2H3,(H,42,43)(H,46,47)(H4,39,40,41)/t25-,26+,27-,28+,29-,30+,36+,37-,38+/m1/s1. The molecule has 50 heavy (non-hydrogen) atoms. The van der Waals surface area contributed by atoms with E-state index in [0.29, 0.717) is 44.1 Å². The zero-order chi connectivity index (χ0) is 36.1. The van der Waals surface area contributed by atoms with Gasteiger partial charge < -0.3 is 36.2 Å². The number of rotatable bonds is 15. The van der Waals surface area contributed by atoms with Crippen molar-refractivity contribution >= 4 is 23.8 Å². The van der Waals surface area contributed by atoms with Crippen molar-refractivity contribution < 1.29 is 33.8 Å². The van der Waals surface area contributed by atoms with E-state index in [-0.39, 0.29) is 65.1 Å². The Balaban J connectivity index is 1.02. The van der Waals surface area contributed by atoms with Crippen molar-refractivity contribution in [1.82, 2.24) is 5.32 Å². The van der Waals surface area contributed by atoms with Crippen LogP contribution in [0.5, 0.6) is 0 Å². The number of aliphatic imine (C=N–C) groups is 1. The Labute approximate surface area is 295 Å². The molecule has 0 bridgehead atoms. The van der Waals surface area contributed by atoms with Gasteiger partial charge in [-0.2, -0.15) is 0 Å². The van der Waals surface area contributed by atoms with E-state index in [1.807, 2.05) is 6.07 Å². The fourth-order valence-corrected chi connectivity index (χ4v) is 10.6. The second-order valence-electron chi connectivity index (χ2n) is 16.1. The number of ether oxygens (including phenoxy) is 1. The van der Waals surface area contributed by atoms with Gasteiger partial charge in [0.15, 0.2) is 5.96 Å². The predicted octanol–water partition coefficient (Wildman–Crippen LogP) is 4.76. The van der Waals surface area contributed by atoms with Gasteiger partial charge in [-0.05, 0) is 124 Å². The zero-order valence-electron chi connectivity index (χ0n) is 29.9. The van der Waals surface area contributed by atoms with E-state index >= 15 is 0 Å². The minimum Gasteiger partial charge on any atom is -0.480 e. The van der Waals surface area contributed by atoms with E-state index in [1.54, 1.807) is 6.26 Å². The molecule has 1 amide bonds. The van der Waals surface area contributed by atoms with E-state index in [2.05, 4.69) is 24.2 Å². The monoisotopic (exact) mass is 698 g/mol. The molecule has 12 nitrogen and oxygen atoms in total. The lowest BCUT2D eigenvalue weighted by atomic mass is 9.43. The number of hydrogen-bond acceptors (Lipinski definition) is 8. The molecule has 0 unspecified atom stereocenters. The molecule has 5 rings (SSSR count). The summed E-state index contributed by atoms with van der Waals surface area (Å²) in [6.07, 6.45) is 14.1. The first kappa shape index (κ1) is 37.8. The highest BCUT2D eigenvalue weighted by Crippen LogP contribution is 2.70. The number of unbranched alkanes of at least 4 members (excludes halogenated alkanes) is 3. The highest BCUT2D eigenvalue weighted by molar-refractivity contribution is 5.83. The average molecular weight is 699 g/mol. The molecule has 1 heterocycles. The third kappa shape index (κ3) is 8.05. The predicted molar refractivity (Wildman–Crippen MR) is 188 cm³/mol. The molecule has 4 aliphatic carbocycles. The topological polar surface area (TPSA) is 208 Å². The number of guanidine groups is 1. The summed E-state index contributed by atoms with van der Waals surface area (Å²) in [5, 5.41) is 24.4. The summed E-state index contributed by atoms with van der Waals surface area (Å²) in [4.78, 5) is 52.0. The van der Waals surface area contributed by atoms with Gasteiger partial charge in [-0.3, -0.25) is 14.6 Å². The molecule has 0 aromatic carbocycles. The molecule has 0 saturated heterocycles. The van der Waals surface area contributed by atoms with Crippen LogP contribution in [-0.2, 0) is 19.1 Å². The molecule has 12 heteroatoms. The average Bonchev–Trinajstić information content (AvgIpc) is 3.35. The third-order valence-electron chi connectivity index (χ3n) is 13.3. The number of nitrogens with zero attached hydrogens (tertiary/aromatic N) is 1. The molecule has 0 spiro atoms. The van der Waals surface area contributed by atoms with Crippen LogP contribution in [0.15, 0.2) is 32.6 Å². The molecular weight excluding hydrogens is 640 g/mol. The van der Waals surface area contributed by atoms with E-state index in [1.165, 1.54) is 6.07 Å². The van der Waals surface area contributed by atoms with Crippen molar-refractivity contribution in [3.05, 3.63) is 34.4 Å². The molecule has 4 fully saturated rings. The largest absolute Gasteiger partial charge is 0.480 e. The Bertz CT molecular complexity index is 1440. The normalized spacial score (nSPS) is 33.6. The molecule has 7 N–H and O–H groups in total. The van der Waals surface area contributed by atoms with Crippen LogP contribution in [0, 0.1) is 28.6 Å². The highest BCUT2D eigenvalue weighted by Gasteiger charge is 2.67. The second kappa shape index (κ2) is 15.9. The SMILES string of the molecule is C[C@]12CC[C@H](OC(=O)CCCCCCC(=O)N[C@@H](CCCN=C(N)N)C(=O)O)C[C@H]1CC[C@@H]1[C@@H]2CC[C@]2(C)[C@@H](c3ccc(=O)oc3)CC[C@]12O. The Kier molecular flexibility index (Phi) is 12.0. The van der Waals surface area contributed by atoms with Gasteiger partial charge in [0.05, 0.1) is 11.9 Å². The molecule has 0 aliphatic heterocycles. The fraction of sp³-hybridized carbons (Fsp3) is 0.763. The summed E-state index contributed by atoms with van der Waals surface area (Å²) in [7, 11) is 0. The Morgan fingerprint density at radius 2 is 1.74 bits per heavy atom. The lowest BCUT2D eigenvalue weighted by Gasteiger charge is -2.63. The Morgan fingerprint density at radius 1 is 0.980 bits per heavy atom. The van der Waals surface area contributed by atoms with Gasteiger partial charge in [-0.1, -0.05) is 26.7 Å². The number of carboxylic acids is 1. The van der Waals surface area contributed by atoms with Crippen molar-refractivity contribution in [3.8, 4) is 0 Å². The van der Waals surface area contributed by atoms with E-state index in [9.17, 15) is 29.4 Å². The fourth-order valence-electron chi connectivity index (χ4n) is 10.6. The van der Waals surface area contributed by atoms with Crippen LogP contribution >= 0.6 is 0 Å². The number of esters is 1. The number of aliphatic hydroxyl groups is 1. The minimum absolute atomic E-state index is 0.0506. The first-order chi connectivity index (χ1) is 23.8. The number of carboxylic acid groups (broad SMARTS) is 1. The van der Waals surface area contributed by atoms with Gasteiger partial charge in [0.2, 0.25) is 5.91 Å². The summed E-state index contributed by atoms with van der Waals surface area (Å²) in [6, 6.07) is 2.40. The van der Waals surface area contributed by atoms with Crippen LogP contribution in [0.2, 0.25) is 0 Å². The summed E-state index contributed by atoms with van der Waals surface area (Å²) >= 11 is 0. The number of amides is 1. The summed E-state index contributed by atoms with van der Waals surface area (Å²) in [5.41, 5.74) is 10.4.